The van der Waals surface area contributed by atoms with Gasteiger partial charge >= 0.3 is 5.97 Å². The first kappa shape index (κ1) is 16.7. The monoisotopic (exact) mass is 327 g/mol. The van der Waals surface area contributed by atoms with E-state index in [0.29, 0.717) is 12.3 Å². The van der Waals surface area contributed by atoms with E-state index >= 15 is 0 Å². The Morgan fingerprint density at radius 2 is 2.04 bits per heavy atom. The minimum absolute atomic E-state index is 0.300. The molecule has 0 radical (unpaired) electrons. The molecule has 0 N–H and O–H groups in total. The summed E-state index contributed by atoms with van der Waals surface area (Å²) in [4.78, 5) is 14.6. The number of benzene rings is 1. The number of fused-ring (bicyclic) bond motifs is 1. The molecule has 0 unspecified atom stereocenters. The number of nitrogens with zero attached hydrogens (tertiary/aromatic N) is 3. The predicted octanol–water partition coefficient (Wildman–Crippen LogP) is 2.68. The van der Waals surface area contributed by atoms with Crippen LogP contribution in [0.1, 0.15) is 41.2 Å². The Kier molecular flexibility index (Phi) is 5.30. The summed E-state index contributed by atoms with van der Waals surface area (Å²) in [6, 6.07) is 10.5. The van der Waals surface area contributed by atoms with E-state index < -0.39 is 0 Å². The van der Waals surface area contributed by atoms with Crippen molar-refractivity contribution in [1.82, 2.24) is 14.7 Å². The van der Waals surface area contributed by atoms with E-state index in [1.165, 1.54) is 11.3 Å². The lowest BCUT2D eigenvalue weighted by Crippen LogP contribution is -2.33. The van der Waals surface area contributed by atoms with Gasteiger partial charge in [0.25, 0.3) is 0 Å². The largest absolute Gasteiger partial charge is 0.461 e. The maximum absolute atomic E-state index is 12.2. The third kappa shape index (κ3) is 3.51. The normalized spacial score (nSPS) is 14.4. The van der Waals surface area contributed by atoms with E-state index in [4.69, 9.17) is 4.74 Å². The van der Waals surface area contributed by atoms with Crippen LogP contribution >= 0.6 is 0 Å². The molecule has 2 heterocycles. The maximum atomic E-state index is 12.2. The van der Waals surface area contributed by atoms with Crippen LogP contribution in [0.25, 0.3) is 0 Å². The summed E-state index contributed by atoms with van der Waals surface area (Å²) in [7, 11) is 0. The second kappa shape index (κ2) is 7.62. The SMILES string of the molecule is CCOC(=O)c1nn(CC)c2c1CN(CCc1ccccc1)CC2. The molecule has 1 aromatic heterocycles. The van der Waals surface area contributed by atoms with E-state index in [1.54, 1.807) is 0 Å². The smallest absolute Gasteiger partial charge is 0.359 e. The molecule has 0 aliphatic carbocycles. The molecule has 0 amide bonds. The van der Waals surface area contributed by atoms with Crippen molar-refractivity contribution in [2.24, 2.45) is 0 Å². The fraction of sp³-hybridized carbons (Fsp3) is 0.474. The average molecular weight is 327 g/mol. The van der Waals surface area contributed by atoms with Crippen LogP contribution in [0.5, 0.6) is 0 Å². The van der Waals surface area contributed by atoms with Crippen molar-refractivity contribution >= 4 is 5.97 Å². The van der Waals surface area contributed by atoms with Crippen molar-refractivity contribution in [3.8, 4) is 0 Å². The molecule has 2 aromatic rings. The van der Waals surface area contributed by atoms with Gasteiger partial charge in [0, 0.05) is 43.9 Å². The van der Waals surface area contributed by atoms with E-state index in [9.17, 15) is 4.79 Å². The lowest BCUT2D eigenvalue weighted by molar-refractivity contribution is 0.0516. The molecule has 0 atom stereocenters. The first-order valence-corrected chi connectivity index (χ1v) is 8.74. The van der Waals surface area contributed by atoms with Crippen LogP contribution < -0.4 is 0 Å². The van der Waals surface area contributed by atoms with Gasteiger partial charge in [-0.3, -0.25) is 9.58 Å². The molecule has 0 bridgehead atoms. The number of aromatic nitrogens is 2. The van der Waals surface area contributed by atoms with Crippen LogP contribution in [0, 0.1) is 0 Å². The van der Waals surface area contributed by atoms with Gasteiger partial charge in [0.05, 0.1) is 6.61 Å². The second-order valence-corrected chi connectivity index (χ2v) is 6.07. The number of aryl methyl sites for hydroxylation is 1. The number of ether oxygens (including phenoxy) is 1. The molecule has 0 fully saturated rings. The van der Waals surface area contributed by atoms with Gasteiger partial charge in [0.15, 0.2) is 5.69 Å². The zero-order valence-electron chi connectivity index (χ0n) is 14.5. The quantitative estimate of drug-likeness (QED) is 0.765. The van der Waals surface area contributed by atoms with Gasteiger partial charge in [0.1, 0.15) is 0 Å². The second-order valence-electron chi connectivity index (χ2n) is 6.07. The number of hydrogen-bond acceptors (Lipinski definition) is 4. The summed E-state index contributed by atoms with van der Waals surface area (Å²) >= 11 is 0. The Morgan fingerprint density at radius 1 is 1.25 bits per heavy atom. The van der Waals surface area contributed by atoms with Crippen LogP contribution in [0.4, 0.5) is 0 Å². The summed E-state index contributed by atoms with van der Waals surface area (Å²) in [6.45, 7) is 7.82. The standard InChI is InChI=1S/C19H25N3O2/c1-3-22-17-11-13-21(12-10-15-8-6-5-7-9-15)14-16(17)18(20-22)19(23)24-4-2/h5-9H,3-4,10-14H2,1-2H3. The Labute approximate surface area is 143 Å². The maximum Gasteiger partial charge on any atom is 0.359 e. The molecule has 3 rings (SSSR count). The van der Waals surface area contributed by atoms with Crippen LogP contribution in [0.3, 0.4) is 0 Å². The van der Waals surface area contributed by atoms with Crippen LogP contribution in [-0.2, 0) is 30.7 Å². The third-order valence-electron chi connectivity index (χ3n) is 4.54. The topological polar surface area (TPSA) is 47.4 Å². The minimum Gasteiger partial charge on any atom is -0.461 e. The zero-order valence-corrected chi connectivity index (χ0v) is 14.5. The molecule has 1 aliphatic heterocycles. The Hall–Kier alpha value is -2.14. The predicted molar refractivity (Wildman–Crippen MR) is 93.0 cm³/mol. The van der Waals surface area contributed by atoms with Crippen LogP contribution in [0.15, 0.2) is 30.3 Å². The van der Waals surface area contributed by atoms with Crippen LogP contribution in [0.2, 0.25) is 0 Å². The lowest BCUT2D eigenvalue weighted by atomic mass is 10.0. The Morgan fingerprint density at radius 3 is 2.75 bits per heavy atom. The molecular weight excluding hydrogens is 302 g/mol. The first-order chi connectivity index (χ1) is 11.7. The lowest BCUT2D eigenvalue weighted by Gasteiger charge is -2.27. The van der Waals surface area contributed by atoms with Crippen molar-refractivity contribution in [3.05, 3.63) is 52.8 Å². The van der Waals surface area contributed by atoms with Gasteiger partial charge in [-0.05, 0) is 25.8 Å². The van der Waals surface area contributed by atoms with Crippen molar-refractivity contribution < 1.29 is 9.53 Å². The summed E-state index contributed by atoms with van der Waals surface area (Å²) in [6.07, 6.45) is 1.96. The Balaban J connectivity index is 1.73. The van der Waals surface area contributed by atoms with Crippen molar-refractivity contribution in [1.29, 1.82) is 0 Å². The highest BCUT2D eigenvalue weighted by Crippen LogP contribution is 2.23. The summed E-state index contributed by atoms with van der Waals surface area (Å²) < 4.78 is 7.14. The minimum atomic E-state index is -0.300. The van der Waals surface area contributed by atoms with Gasteiger partial charge < -0.3 is 4.74 Å². The summed E-state index contributed by atoms with van der Waals surface area (Å²) in [5.74, 6) is -0.300. The number of esters is 1. The fourth-order valence-corrected chi connectivity index (χ4v) is 3.29. The molecule has 5 nitrogen and oxygen atoms in total. The molecule has 0 saturated carbocycles. The summed E-state index contributed by atoms with van der Waals surface area (Å²) in [5.41, 5.74) is 4.09. The number of carbonyl (C=O) groups excluding carboxylic acids is 1. The van der Waals surface area contributed by atoms with Crippen molar-refractivity contribution in [3.63, 3.8) is 0 Å². The van der Waals surface area contributed by atoms with Crippen LogP contribution in [-0.4, -0.2) is 40.3 Å². The van der Waals surface area contributed by atoms with Crippen molar-refractivity contribution in [2.45, 2.75) is 39.8 Å². The first-order valence-electron chi connectivity index (χ1n) is 8.74. The molecular formula is C19H25N3O2. The molecule has 0 spiro atoms. The highest BCUT2D eigenvalue weighted by atomic mass is 16.5. The molecule has 1 aromatic carbocycles. The summed E-state index contributed by atoms with van der Waals surface area (Å²) in [5, 5.41) is 4.50. The zero-order chi connectivity index (χ0) is 16.9. The van der Waals surface area contributed by atoms with Gasteiger partial charge in [0.2, 0.25) is 0 Å². The van der Waals surface area contributed by atoms with Crippen molar-refractivity contribution in [2.75, 3.05) is 19.7 Å². The Bertz CT molecular complexity index is 694. The highest BCUT2D eigenvalue weighted by Gasteiger charge is 2.28. The van der Waals surface area contributed by atoms with E-state index in [1.807, 2.05) is 17.7 Å². The van der Waals surface area contributed by atoms with Gasteiger partial charge in [-0.1, -0.05) is 30.3 Å². The molecule has 128 valence electrons. The average Bonchev–Trinajstić information content (AvgIpc) is 2.99. The van der Waals surface area contributed by atoms with Gasteiger partial charge in [-0.15, -0.1) is 0 Å². The van der Waals surface area contributed by atoms with E-state index in [0.717, 1.165) is 44.6 Å². The third-order valence-corrected chi connectivity index (χ3v) is 4.54. The number of carbonyl (C=O) groups is 1. The molecule has 5 heteroatoms. The van der Waals surface area contributed by atoms with Gasteiger partial charge in [-0.2, -0.15) is 5.10 Å². The fourth-order valence-electron chi connectivity index (χ4n) is 3.29. The molecule has 0 saturated heterocycles. The highest BCUT2D eigenvalue weighted by molar-refractivity contribution is 5.89. The number of hydrogen-bond donors (Lipinski definition) is 0. The molecule has 1 aliphatic rings. The van der Waals surface area contributed by atoms with E-state index in [2.05, 4.69) is 41.2 Å². The van der Waals surface area contributed by atoms with Gasteiger partial charge in [-0.25, -0.2) is 4.79 Å². The molecule has 24 heavy (non-hydrogen) atoms. The van der Waals surface area contributed by atoms with E-state index in [-0.39, 0.29) is 5.97 Å². The number of rotatable bonds is 6.